The molecule has 13 heavy (non-hydrogen) atoms. The second-order valence-electron chi connectivity index (χ2n) is 2.83. The summed E-state index contributed by atoms with van der Waals surface area (Å²) in [4.78, 5) is 5.59. The SMILES string of the molecule is CCC(OC)c1ncc(CNC)s1. The molecule has 0 aliphatic carbocycles. The molecule has 0 saturated carbocycles. The van der Waals surface area contributed by atoms with Crippen molar-refractivity contribution in [3.63, 3.8) is 0 Å². The van der Waals surface area contributed by atoms with Crippen LogP contribution in [-0.2, 0) is 11.3 Å². The molecule has 0 aliphatic rings. The van der Waals surface area contributed by atoms with Gasteiger partial charge in [-0.1, -0.05) is 6.92 Å². The van der Waals surface area contributed by atoms with Crippen LogP contribution in [0.3, 0.4) is 0 Å². The van der Waals surface area contributed by atoms with Crippen LogP contribution in [0, 0.1) is 0 Å². The quantitative estimate of drug-likeness (QED) is 0.789. The maximum atomic E-state index is 5.30. The summed E-state index contributed by atoms with van der Waals surface area (Å²) in [5.41, 5.74) is 0. The third-order valence-corrected chi connectivity index (χ3v) is 2.94. The molecular weight excluding hydrogens is 184 g/mol. The highest BCUT2D eigenvalue weighted by Crippen LogP contribution is 2.24. The smallest absolute Gasteiger partial charge is 0.122 e. The van der Waals surface area contributed by atoms with E-state index in [1.165, 1.54) is 4.88 Å². The molecule has 1 heterocycles. The average Bonchev–Trinajstić information content (AvgIpc) is 2.56. The zero-order chi connectivity index (χ0) is 9.68. The lowest BCUT2D eigenvalue weighted by molar-refractivity contribution is 0.0998. The van der Waals surface area contributed by atoms with Crippen LogP contribution in [0.4, 0.5) is 0 Å². The fourth-order valence-electron chi connectivity index (χ4n) is 1.17. The Balaban J connectivity index is 2.66. The summed E-state index contributed by atoms with van der Waals surface area (Å²) < 4.78 is 5.30. The number of ether oxygens (including phenoxy) is 1. The molecule has 0 aliphatic heterocycles. The van der Waals surface area contributed by atoms with Crippen molar-refractivity contribution in [2.75, 3.05) is 14.2 Å². The first-order chi connectivity index (χ1) is 6.31. The molecule has 0 bridgehead atoms. The maximum absolute atomic E-state index is 5.30. The van der Waals surface area contributed by atoms with E-state index in [1.54, 1.807) is 18.4 Å². The largest absolute Gasteiger partial charge is 0.374 e. The van der Waals surface area contributed by atoms with E-state index in [4.69, 9.17) is 4.74 Å². The lowest BCUT2D eigenvalue weighted by Gasteiger charge is -2.08. The van der Waals surface area contributed by atoms with Crippen molar-refractivity contribution >= 4 is 11.3 Å². The van der Waals surface area contributed by atoms with Gasteiger partial charge in [0.05, 0.1) is 0 Å². The van der Waals surface area contributed by atoms with E-state index in [1.807, 2.05) is 13.2 Å². The van der Waals surface area contributed by atoms with Gasteiger partial charge >= 0.3 is 0 Å². The molecule has 1 N–H and O–H groups in total. The number of nitrogens with one attached hydrogen (secondary N) is 1. The molecule has 4 heteroatoms. The number of hydrogen-bond donors (Lipinski definition) is 1. The minimum atomic E-state index is 0.163. The molecule has 0 saturated heterocycles. The Bertz CT molecular complexity index is 246. The van der Waals surface area contributed by atoms with Crippen molar-refractivity contribution in [1.29, 1.82) is 0 Å². The fourth-order valence-corrected chi connectivity index (χ4v) is 2.26. The van der Waals surface area contributed by atoms with Gasteiger partial charge in [-0.05, 0) is 13.5 Å². The van der Waals surface area contributed by atoms with Gasteiger partial charge in [-0.25, -0.2) is 4.98 Å². The molecule has 0 aromatic carbocycles. The van der Waals surface area contributed by atoms with Gasteiger partial charge in [0.2, 0.25) is 0 Å². The van der Waals surface area contributed by atoms with Crippen LogP contribution >= 0.6 is 11.3 Å². The van der Waals surface area contributed by atoms with E-state index in [-0.39, 0.29) is 6.10 Å². The number of nitrogens with zero attached hydrogens (tertiary/aromatic N) is 1. The van der Waals surface area contributed by atoms with Crippen molar-refractivity contribution in [3.05, 3.63) is 16.1 Å². The van der Waals surface area contributed by atoms with Gasteiger partial charge in [0.1, 0.15) is 11.1 Å². The summed E-state index contributed by atoms with van der Waals surface area (Å²) in [5.74, 6) is 0. The molecular formula is C9H16N2OS. The monoisotopic (exact) mass is 200 g/mol. The molecule has 0 spiro atoms. The molecule has 1 unspecified atom stereocenters. The second-order valence-corrected chi connectivity index (χ2v) is 3.97. The normalized spacial score (nSPS) is 13.2. The van der Waals surface area contributed by atoms with E-state index in [0.29, 0.717) is 0 Å². The highest BCUT2D eigenvalue weighted by Gasteiger charge is 2.11. The van der Waals surface area contributed by atoms with Gasteiger partial charge in [-0.2, -0.15) is 0 Å². The van der Waals surface area contributed by atoms with Crippen LogP contribution in [0.2, 0.25) is 0 Å². The Morgan fingerprint density at radius 3 is 3.00 bits per heavy atom. The van der Waals surface area contributed by atoms with Gasteiger partial charge in [-0.15, -0.1) is 11.3 Å². The predicted octanol–water partition coefficient (Wildman–Crippen LogP) is 1.96. The first kappa shape index (κ1) is 10.6. The van der Waals surface area contributed by atoms with Gasteiger partial charge in [0.25, 0.3) is 0 Å². The van der Waals surface area contributed by atoms with E-state index in [2.05, 4.69) is 17.2 Å². The molecule has 1 atom stereocenters. The molecule has 74 valence electrons. The van der Waals surface area contributed by atoms with E-state index >= 15 is 0 Å². The van der Waals surface area contributed by atoms with Crippen LogP contribution in [0.25, 0.3) is 0 Å². The Hall–Kier alpha value is -0.450. The van der Waals surface area contributed by atoms with Crippen LogP contribution in [0.5, 0.6) is 0 Å². The van der Waals surface area contributed by atoms with Crippen LogP contribution in [0.1, 0.15) is 29.3 Å². The zero-order valence-electron chi connectivity index (χ0n) is 8.33. The van der Waals surface area contributed by atoms with Gasteiger partial charge in [0.15, 0.2) is 0 Å². The van der Waals surface area contributed by atoms with Crippen LogP contribution < -0.4 is 5.32 Å². The maximum Gasteiger partial charge on any atom is 0.122 e. The Morgan fingerprint density at radius 2 is 2.46 bits per heavy atom. The number of rotatable bonds is 5. The highest BCUT2D eigenvalue weighted by atomic mass is 32.1. The number of hydrogen-bond acceptors (Lipinski definition) is 4. The Morgan fingerprint density at radius 1 is 1.69 bits per heavy atom. The molecule has 1 aromatic heterocycles. The van der Waals surface area contributed by atoms with Crippen molar-refractivity contribution in [2.45, 2.75) is 26.0 Å². The number of thiazole rings is 1. The summed E-state index contributed by atoms with van der Waals surface area (Å²) in [6.07, 6.45) is 3.05. The van der Waals surface area contributed by atoms with Crippen molar-refractivity contribution < 1.29 is 4.74 Å². The molecule has 0 amide bonds. The summed E-state index contributed by atoms with van der Waals surface area (Å²) in [7, 11) is 3.67. The molecule has 0 fully saturated rings. The second kappa shape index (κ2) is 5.32. The first-order valence-corrected chi connectivity index (χ1v) is 5.25. The van der Waals surface area contributed by atoms with E-state index in [9.17, 15) is 0 Å². The minimum absolute atomic E-state index is 0.163. The third-order valence-electron chi connectivity index (χ3n) is 1.85. The van der Waals surface area contributed by atoms with Gasteiger partial charge in [0, 0.05) is 24.7 Å². The third kappa shape index (κ3) is 2.76. The summed E-state index contributed by atoms with van der Waals surface area (Å²) in [6.45, 7) is 2.99. The predicted molar refractivity (Wildman–Crippen MR) is 54.9 cm³/mol. The zero-order valence-corrected chi connectivity index (χ0v) is 9.15. The van der Waals surface area contributed by atoms with Crippen molar-refractivity contribution in [3.8, 4) is 0 Å². The fraction of sp³-hybridized carbons (Fsp3) is 0.667. The lowest BCUT2D eigenvalue weighted by atomic mass is 10.3. The van der Waals surface area contributed by atoms with Crippen molar-refractivity contribution in [1.82, 2.24) is 10.3 Å². The van der Waals surface area contributed by atoms with Crippen molar-refractivity contribution in [2.24, 2.45) is 0 Å². The summed E-state index contributed by atoms with van der Waals surface area (Å²) in [5, 5.41) is 4.18. The number of aromatic nitrogens is 1. The van der Waals surface area contributed by atoms with Gasteiger partial charge < -0.3 is 10.1 Å². The van der Waals surface area contributed by atoms with E-state index < -0.39 is 0 Å². The Kier molecular flexibility index (Phi) is 4.35. The molecule has 1 rings (SSSR count). The van der Waals surface area contributed by atoms with E-state index in [0.717, 1.165) is 18.0 Å². The molecule has 0 radical (unpaired) electrons. The van der Waals surface area contributed by atoms with Crippen LogP contribution in [0.15, 0.2) is 6.20 Å². The number of methoxy groups -OCH3 is 1. The van der Waals surface area contributed by atoms with Crippen LogP contribution in [-0.4, -0.2) is 19.1 Å². The first-order valence-electron chi connectivity index (χ1n) is 4.43. The topological polar surface area (TPSA) is 34.1 Å². The van der Waals surface area contributed by atoms with Gasteiger partial charge in [-0.3, -0.25) is 0 Å². The Labute approximate surface area is 83.1 Å². The highest BCUT2D eigenvalue weighted by molar-refractivity contribution is 7.11. The lowest BCUT2D eigenvalue weighted by Crippen LogP contribution is -2.02. The minimum Gasteiger partial charge on any atom is -0.374 e. The summed E-state index contributed by atoms with van der Waals surface area (Å²) in [6, 6.07) is 0. The summed E-state index contributed by atoms with van der Waals surface area (Å²) >= 11 is 1.72. The average molecular weight is 200 g/mol. The molecule has 3 nitrogen and oxygen atoms in total. The standard InChI is InChI=1S/C9H16N2OS/c1-4-8(12-3)9-11-6-7(13-9)5-10-2/h6,8,10H,4-5H2,1-3H3. The molecule has 1 aromatic rings.